The highest BCUT2D eigenvalue weighted by Crippen LogP contribution is 2.22. The van der Waals surface area contributed by atoms with E-state index < -0.39 is 0 Å². The van der Waals surface area contributed by atoms with Crippen molar-refractivity contribution in [3.63, 3.8) is 0 Å². The number of nitrogens with zero attached hydrogens (tertiary/aromatic N) is 1. The third-order valence-corrected chi connectivity index (χ3v) is 3.08. The van der Waals surface area contributed by atoms with Gasteiger partial charge in [0.2, 0.25) is 5.89 Å². The fourth-order valence-electron chi connectivity index (χ4n) is 1.86. The van der Waals surface area contributed by atoms with E-state index >= 15 is 0 Å². The minimum Gasteiger partial charge on any atom is -0.444 e. The molecule has 1 aromatic carbocycles. The highest BCUT2D eigenvalue weighted by molar-refractivity contribution is 5.94. The van der Waals surface area contributed by atoms with E-state index in [1.54, 1.807) is 6.20 Å². The van der Waals surface area contributed by atoms with E-state index in [-0.39, 0.29) is 11.3 Å². The van der Waals surface area contributed by atoms with Crippen molar-refractivity contribution in [1.29, 1.82) is 0 Å². The molecule has 1 aromatic heterocycles. The Bertz CT molecular complexity index is 592. The Hall–Kier alpha value is -2.10. The van der Waals surface area contributed by atoms with E-state index in [0.717, 1.165) is 5.76 Å². The summed E-state index contributed by atoms with van der Waals surface area (Å²) in [5.74, 6) is 1.13. The number of rotatable bonds is 3. The Morgan fingerprint density at radius 2 is 1.90 bits per heavy atom. The zero-order chi connectivity index (χ0) is 14.8. The summed E-state index contributed by atoms with van der Waals surface area (Å²) in [5.41, 5.74) is 1.93. The summed E-state index contributed by atoms with van der Waals surface area (Å²) in [6, 6.07) is 7.67. The second-order valence-corrected chi connectivity index (χ2v) is 5.87. The van der Waals surface area contributed by atoms with Crippen LogP contribution in [0.1, 0.15) is 48.3 Å². The second kappa shape index (κ2) is 5.49. The summed E-state index contributed by atoms with van der Waals surface area (Å²) in [6.07, 6.45) is 1.64. The molecule has 0 atom stereocenters. The van der Waals surface area contributed by atoms with Gasteiger partial charge in [0.15, 0.2) is 0 Å². The first-order valence-corrected chi connectivity index (χ1v) is 6.66. The van der Waals surface area contributed by atoms with Crippen LogP contribution in [0.15, 0.2) is 34.9 Å². The molecule has 0 spiro atoms. The van der Waals surface area contributed by atoms with Gasteiger partial charge in [-0.2, -0.15) is 0 Å². The highest BCUT2D eigenvalue weighted by Gasteiger charge is 2.14. The van der Waals surface area contributed by atoms with Gasteiger partial charge in [0, 0.05) is 5.56 Å². The lowest BCUT2D eigenvalue weighted by molar-refractivity contribution is 0.0947. The summed E-state index contributed by atoms with van der Waals surface area (Å²) in [6.45, 7) is 8.56. The van der Waals surface area contributed by atoms with Crippen molar-refractivity contribution in [3.8, 4) is 0 Å². The van der Waals surface area contributed by atoms with Crippen LogP contribution in [0.5, 0.6) is 0 Å². The molecule has 4 nitrogen and oxygen atoms in total. The Balaban J connectivity index is 1.99. The molecular formula is C16H20N2O2. The number of aromatic nitrogens is 1. The molecule has 0 fully saturated rings. The van der Waals surface area contributed by atoms with Gasteiger partial charge in [-0.05, 0) is 30.0 Å². The molecule has 2 rings (SSSR count). The normalized spacial score (nSPS) is 11.4. The molecule has 0 unspecified atom stereocenters. The maximum Gasteiger partial charge on any atom is 0.251 e. The predicted octanol–water partition coefficient (Wildman–Crippen LogP) is 3.21. The van der Waals surface area contributed by atoms with E-state index in [1.165, 1.54) is 5.56 Å². The lowest BCUT2D eigenvalue weighted by Gasteiger charge is -2.19. The Morgan fingerprint density at radius 1 is 1.25 bits per heavy atom. The lowest BCUT2D eigenvalue weighted by atomic mass is 9.87. The third-order valence-electron chi connectivity index (χ3n) is 3.08. The van der Waals surface area contributed by atoms with Gasteiger partial charge in [0.25, 0.3) is 5.91 Å². The number of hydrogen-bond acceptors (Lipinski definition) is 3. The fourth-order valence-corrected chi connectivity index (χ4v) is 1.86. The number of amides is 1. The van der Waals surface area contributed by atoms with Crippen molar-refractivity contribution in [2.75, 3.05) is 0 Å². The van der Waals surface area contributed by atoms with Crippen molar-refractivity contribution in [2.24, 2.45) is 0 Å². The zero-order valence-electron chi connectivity index (χ0n) is 12.4. The first-order valence-electron chi connectivity index (χ1n) is 6.66. The average molecular weight is 272 g/mol. The van der Waals surface area contributed by atoms with Crippen LogP contribution in [0.2, 0.25) is 0 Å². The van der Waals surface area contributed by atoms with Crippen LogP contribution >= 0.6 is 0 Å². The number of oxazole rings is 1. The minimum absolute atomic E-state index is 0.0879. The van der Waals surface area contributed by atoms with Gasteiger partial charge in [-0.25, -0.2) is 4.98 Å². The Labute approximate surface area is 119 Å². The van der Waals surface area contributed by atoms with E-state index in [2.05, 4.69) is 31.1 Å². The average Bonchev–Trinajstić information content (AvgIpc) is 2.81. The molecule has 0 aliphatic rings. The summed E-state index contributed by atoms with van der Waals surface area (Å²) in [5, 5.41) is 2.79. The monoisotopic (exact) mass is 272 g/mol. The van der Waals surface area contributed by atoms with E-state index in [1.807, 2.05) is 31.2 Å². The molecule has 106 valence electrons. The van der Waals surface area contributed by atoms with Crippen LogP contribution in [0, 0.1) is 6.92 Å². The number of aryl methyl sites for hydroxylation is 1. The quantitative estimate of drug-likeness (QED) is 0.933. The zero-order valence-corrected chi connectivity index (χ0v) is 12.4. The van der Waals surface area contributed by atoms with Crippen LogP contribution in [-0.2, 0) is 12.0 Å². The first kappa shape index (κ1) is 14.3. The number of hydrogen-bond donors (Lipinski definition) is 1. The minimum atomic E-state index is -0.124. The Kier molecular flexibility index (Phi) is 3.93. The molecule has 0 aliphatic heterocycles. The second-order valence-electron chi connectivity index (χ2n) is 5.87. The van der Waals surface area contributed by atoms with Crippen molar-refractivity contribution >= 4 is 5.91 Å². The largest absolute Gasteiger partial charge is 0.444 e. The number of carbonyl (C=O) groups is 1. The SMILES string of the molecule is Cc1cnc(CNC(=O)c2ccc(C(C)(C)C)cc2)o1. The lowest BCUT2D eigenvalue weighted by Crippen LogP contribution is -2.23. The fraction of sp³-hybridized carbons (Fsp3) is 0.375. The standard InChI is InChI=1S/C16H20N2O2/c1-11-9-17-14(20-11)10-18-15(19)12-5-7-13(8-6-12)16(2,3)4/h5-9H,10H2,1-4H3,(H,18,19). The summed E-state index contributed by atoms with van der Waals surface area (Å²) >= 11 is 0. The van der Waals surface area contributed by atoms with Gasteiger partial charge in [-0.1, -0.05) is 32.9 Å². The summed E-state index contributed by atoms with van der Waals surface area (Å²) < 4.78 is 5.31. The van der Waals surface area contributed by atoms with Gasteiger partial charge in [-0.15, -0.1) is 0 Å². The van der Waals surface area contributed by atoms with Crippen molar-refractivity contribution in [3.05, 3.63) is 53.2 Å². The Morgan fingerprint density at radius 3 is 2.40 bits per heavy atom. The van der Waals surface area contributed by atoms with E-state index in [9.17, 15) is 4.79 Å². The van der Waals surface area contributed by atoms with Crippen molar-refractivity contribution in [2.45, 2.75) is 39.7 Å². The van der Waals surface area contributed by atoms with Crippen LogP contribution in [0.25, 0.3) is 0 Å². The van der Waals surface area contributed by atoms with Gasteiger partial charge in [-0.3, -0.25) is 4.79 Å². The van der Waals surface area contributed by atoms with Crippen LogP contribution in [0.3, 0.4) is 0 Å². The van der Waals surface area contributed by atoms with Gasteiger partial charge in [0.05, 0.1) is 12.7 Å². The summed E-state index contributed by atoms with van der Waals surface area (Å²) in [7, 11) is 0. The smallest absolute Gasteiger partial charge is 0.251 e. The highest BCUT2D eigenvalue weighted by atomic mass is 16.4. The van der Waals surface area contributed by atoms with Gasteiger partial charge in [0.1, 0.15) is 5.76 Å². The number of carbonyl (C=O) groups excluding carboxylic acids is 1. The van der Waals surface area contributed by atoms with Crippen LogP contribution in [-0.4, -0.2) is 10.9 Å². The van der Waals surface area contributed by atoms with Gasteiger partial charge < -0.3 is 9.73 Å². The molecule has 2 aromatic rings. The molecule has 0 aliphatic carbocycles. The molecule has 1 amide bonds. The maximum absolute atomic E-state index is 12.0. The molecule has 1 heterocycles. The molecule has 0 radical (unpaired) electrons. The van der Waals surface area contributed by atoms with Crippen LogP contribution in [0.4, 0.5) is 0 Å². The number of benzene rings is 1. The third kappa shape index (κ3) is 3.47. The molecule has 0 saturated carbocycles. The molecule has 20 heavy (non-hydrogen) atoms. The van der Waals surface area contributed by atoms with Gasteiger partial charge >= 0.3 is 0 Å². The maximum atomic E-state index is 12.0. The van der Waals surface area contributed by atoms with Crippen molar-refractivity contribution in [1.82, 2.24) is 10.3 Å². The van der Waals surface area contributed by atoms with E-state index in [4.69, 9.17) is 4.42 Å². The number of nitrogens with one attached hydrogen (secondary N) is 1. The topological polar surface area (TPSA) is 55.1 Å². The molecular weight excluding hydrogens is 252 g/mol. The first-order chi connectivity index (χ1) is 9.36. The summed E-state index contributed by atoms with van der Waals surface area (Å²) in [4.78, 5) is 16.1. The predicted molar refractivity (Wildman–Crippen MR) is 77.6 cm³/mol. The molecule has 1 N–H and O–H groups in total. The van der Waals surface area contributed by atoms with E-state index in [0.29, 0.717) is 18.0 Å². The molecule has 4 heteroatoms. The molecule has 0 saturated heterocycles. The molecule has 0 bridgehead atoms. The van der Waals surface area contributed by atoms with Crippen molar-refractivity contribution < 1.29 is 9.21 Å². The van der Waals surface area contributed by atoms with Crippen LogP contribution < -0.4 is 5.32 Å².